The van der Waals surface area contributed by atoms with E-state index in [2.05, 4.69) is 10.3 Å². The second-order valence-electron chi connectivity index (χ2n) is 5.48. The molecule has 6 heteroatoms. The number of hydrogen-bond donors (Lipinski definition) is 1. The van der Waals surface area contributed by atoms with Gasteiger partial charge in [-0.3, -0.25) is 10.1 Å². The van der Waals surface area contributed by atoms with E-state index in [0.717, 1.165) is 11.3 Å². The molecule has 1 amide bonds. The molecule has 24 heavy (non-hydrogen) atoms. The zero-order valence-corrected chi connectivity index (χ0v) is 14.3. The fourth-order valence-electron chi connectivity index (χ4n) is 2.06. The van der Waals surface area contributed by atoms with E-state index in [1.54, 1.807) is 12.1 Å². The van der Waals surface area contributed by atoms with E-state index in [1.165, 1.54) is 11.3 Å². The van der Waals surface area contributed by atoms with Gasteiger partial charge in [-0.05, 0) is 26.0 Å². The minimum absolute atomic E-state index is 0.110. The lowest BCUT2D eigenvalue weighted by Crippen LogP contribution is -2.10. The molecule has 0 aliphatic carbocycles. The zero-order chi connectivity index (χ0) is 16.9. The topological polar surface area (TPSA) is 64.4 Å². The maximum absolute atomic E-state index is 12.2. The summed E-state index contributed by atoms with van der Waals surface area (Å²) in [4.78, 5) is 16.7. The van der Waals surface area contributed by atoms with Crippen LogP contribution in [0.25, 0.3) is 11.3 Å². The van der Waals surface area contributed by atoms with Crippen molar-refractivity contribution in [3.8, 4) is 11.3 Å². The van der Waals surface area contributed by atoms with Crippen LogP contribution in [0.5, 0.6) is 0 Å². The molecule has 0 radical (unpaired) electrons. The number of aromatic nitrogens is 1. The molecule has 0 unspecified atom stereocenters. The van der Waals surface area contributed by atoms with Crippen LogP contribution in [0.15, 0.2) is 52.3 Å². The fourth-order valence-corrected chi connectivity index (χ4v) is 2.77. The van der Waals surface area contributed by atoms with Gasteiger partial charge < -0.3 is 9.15 Å². The Hall–Kier alpha value is -2.44. The van der Waals surface area contributed by atoms with Gasteiger partial charge in [0.2, 0.25) is 0 Å². The molecule has 2 heterocycles. The largest absolute Gasteiger partial charge is 0.453 e. The molecule has 3 aromatic rings. The highest BCUT2D eigenvalue weighted by atomic mass is 32.1. The Balaban J connectivity index is 1.64. The molecular formula is C18H18N2O3S. The molecule has 0 aliphatic rings. The van der Waals surface area contributed by atoms with Crippen molar-refractivity contribution in [3.63, 3.8) is 0 Å². The minimum Gasteiger partial charge on any atom is -0.453 e. The number of carbonyl (C=O) groups excluding carboxylic acids is 1. The first-order valence-corrected chi connectivity index (χ1v) is 8.52. The van der Waals surface area contributed by atoms with Gasteiger partial charge in [0.25, 0.3) is 5.91 Å². The Morgan fingerprint density at radius 2 is 2.04 bits per heavy atom. The quantitative estimate of drug-likeness (QED) is 0.712. The lowest BCUT2D eigenvalue weighted by atomic mass is 10.2. The summed E-state index contributed by atoms with van der Waals surface area (Å²) in [6, 6.07) is 13.2. The second kappa shape index (κ2) is 7.42. The van der Waals surface area contributed by atoms with Crippen LogP contribution >= 0.6 is 11.3 Å². The van der Waals surface area contributed by atoms with Crippen LogP contribution in [0.1, 0.15) is 30.2 Å². The van der Waals surface area contributed by atoms with E-state index in [1.807, 2.05) is 49.6 Å². The maximum atomic E-state index is 12.2. The van der Waals surface area contributed by atoms with Crippen LogP contribution in [0.3, 0.4) is 0 Å². The maximum Gasteiger partial charge on any atom is 0.293 e. The molecule has 0 saturated heterocycles. The van der Waals surface area contributed by atoms with E-state index in [9.17, 15) is 4.79 Å². The van der Waals surface area contributed by atoms with Crippen LogP contribution in [0.2, 0.25) is 0 Å². The Labute approximate surface area is 144 Å². The van der Waals surface area contributed by atoms with E-state index in [0.29, 0.717) is 17.5 Å². The highest BCUT2D eigenvalue weighted by Crippen LogP contribution is 2.25. The number of benzene rings is 1. The molecule has 0 atom stereocenters. The summed E-state index contributed by atoms with van der Waals surface area (Å²) in [6.45, 7) is 4.24. The van der Waals surface area contributed by atoms with Crippen LogP contribution in [0, 0.1) is 0 Å². The number of thiazole rings is 1. The van der Waals surface area contributed by atoms with Crippen molar-refractivity contribution in [2.24, 2.45) is 0 Å². The number of anilines is 1. The van der Waals surface area contributed by atoms with E-state index in [4.69, 9.17) is 9.15 Å². The van der Waals surface area contributed by atoms with Crippen molar-refractivity contribution >= 4 is 22.4 Å². The zero-order valence-electron chi connectivity index (χ0n) is 13.5. The number of nitrogens with one attached hydrogen (secondary N) is 1. The van der Waals surface area contributed by atoms with Crippen molar-refractivity contribution in [3.05, 3.63) is 59.4 Å². The minimum atomic E-state index is -0.320. The van der Waals surface area contributed by atoms with Gasteiger partial charge in [-0.15, -0.1) is 11.3 Å². The van der Waals surface area contributed by atoms with Crippen molar-refractivity contribution in [1.82, 2.24) is 4.98 Å². The molecule has 0 aliphatic heterocycles. The Kier molecular flexibility index (Phi) is 5.08. The van der Waals surface area contributed by atoms with E-state index in [-0.39, 0.29) is 17.8 Å². The number of rotatable bonds is 6. The number of nitrogens with zero attached hydrogens (tertiary/aromatic N) is 1. The molecule has 0 fully saturated rings. The third-order valence-corrected chi connectivity index (χ3v) is 4.00. The number of ether oxygens (including phenoxy) is 1. The highest BCUT2D eigenvalue weighted by Gasteiger charge is 2.14. The van der Waals surface area contributed by atoms with Crippen LogP contribution in [-0.2, 0) is 11.3 Å². The lowest BCUT2D eigenvalue weighted by Gasteiger charge is -2.04. The first kappa shape index (κ1) is 16.4. The first-order valence-electron chi connectivity index (χ1n) is 7.64. The number of amides is 1. The predicted octanol–water partition coefficient (Wildman–Crippen LogP) is 4.58. The number of carbonyl (C=O) groups is 1. The summed E-state index contributed by atoms with van der Waals surface area (Å²) in [7, 11) is 0. The molecule has 5 nitrogen and oxygen atoms in total. The molecule has 3 rings (SSSR count). The summed E-state index contributed by atoms with van der Waals surface area (Å²) >= 11 is 1.38. The van der Waals surface area contributed by atoms with Crippen molar-refractivity contribution in [2.45, 2.75) is 26.6 Å². The standard InChI is InChI=1S/C18H18N2O3S/c1-12(2)22-10-14-8-9-16(23-14)17(21)20-18-19-15(11-24-18)13-6-4-3-5-7-13/h3-9,11-12H,10H2,1-2H3,(H,19,20,21). The van der Waals surface area contributed by atoms with Crippen LogP contribution in [-0.4, -0.2) is 17.0 Å². The van der Waals surface area contributed by atoms with Crippen LogP contribution < -0.4 is 5.32 Å². The number of furan rings is 1. The van der Waals surface area contributed by atoms with Gasteiger partial charge in [0.05, 0.1) is 11.8 Å². The fraction of sp³-hybridized carbons (Fsp3) is 0.222. The Morgan fingerprint density at radius 1 is 1.25 bits per heavy atom. The van der Waals surface area contributed by atoms with Gasteiger partial charge in [-0.2, -0.15) is 0 Å². The van der Waals surface area contributed by atoms with E-state index >= 15 is 0 Å². The third kappa shape index (κ3) is 4.10. The van der Waals surface area contributed by atoms with Crippen molar-refractivity contribution in [2.75, 3.05) is 5.32 Å². The molecule has 0 saturated carbocycles. The summed E-state index contributed by atoms with van der Waals surface area (Å²) in [6.07, 6.45) is 0.110. The molecular weight excluding hydrogens is 324 g/mol. The van der Waals surface area contributed by atoms with Gasteiger partial charge in [0.1, 0.15) is 12.4 Å². The monoisotopic (exact) mass is 342 g/mol. The molecule has 0 spiro atoms. The Morgan fingerprint density at radius 3 is 2.79 bits per heavy atom. The molecule has 2 aromatic heterocycles. The summed E-state index contributed by atoms with van der Waals surface area (Å²) in [5.41, 5.74) is 1.85. The lowest BCUT2D eigenvalue weighted by molar-refractivity contribution is 0.0537. The Bertz CT molecular complexity index is 809. The average molecular weight is 342 g/mol. The molecule has 1 aromatic carbocycles. The second-order valence-corrected chi connectivity index (χ2v) is 6.34. The molecule has 1 N–H and O–H groups in total. The third-order valence-electron chi connectivity index (χ3n) is 3.24. The SMILES string of the molecule is CC(C)OCc1ccc(C(=O)Nc2nc(-c3ccccc3)cs2)o1. The van der Waals surface area contributed by atoms with Gasteiger partial charge in [0.15, 0.2) is 10.9 Å². The predicted molar refractivity (Wildman–Crippen MR) is 94.1 cm³/mol. The van der Waals surface area contributed by atoms with Crippen LogP contribution in [0.4, 0.5) is 5.13 Å². The average Bonchev–Trinajstić information content (AvgIpc) is 3.23. The molecule has 124 valence electrons. The van der Waals surface area contributed by atoms with Gasteiger partial charge >= 0.3 is 0 Å². The van der Waals surface area contributed by atoms with Gasteiger partial charge in [0, 0.05) is 10.9 Å². The normalized spacial score (nSPS) is 11.0. The van der Waals surface area contributed by atoms with E-state index < -0.39 is 0 Å². The van der Waals surface area contributed by atoms with Crippen molar-refractivity contribution < 1.29 is 13.9 Å². The molecule has 0 bridgehead atoms. The van der Waals surface area contributed by atoms with Crippen molar-refractivity contribution in [1.29, 1.82) is 0 Å². The summed E-state index contributed by atoms with van der Waals surface area (Å²) in [5, 5.41) is 5.21. The van der Waals surface area contributed by atoms with Gasteiger partial charge in [-0.25, -0.2) is 4.98 Å². The highest BCUT2D eigenvalue weighted by molar-refractivity contribution is 7.14. The smallest absolute Gasteiger partial charge is 0.293 e. The van der Waals surface area contributed by atoms with Gasteiger partial charge in [-0.1, -0.05) is 30.3 Å². The summed E-state index contributed by atoms with van der Waals surface area (Å²) in [5.74, 6) is 0.548. The first-order chi connectivity index (χ1) is 11.6. The summed E-state index contributed by atoms with van der Waals surface area (Å²) < 4.78 is 11.0. The number of hydrogen-bond acceptors (Lipinski definition) is 5.